The van der Waals surface area contributed by atoms with Gasteiger partial charge in [-0.15, -0.1) is 0 Å². The lowest BCUT2D eigenvalue weighted by Gasteiger charge is -2.11. The van der Waals surface area contributed by atoms with Gasteiger partial charge in [0.15, 0.2) is 11.6 Å². The molecule has 0 unspecified atom stereocenters. The van der Waals surface area contributed by atoms with Crippen molar-refractivity contribution in [2.75, 3.05) is 0 Å². The normalized spacial score (nSPS) is 14.2. The second kappa shape index (κ2) is 5.82. The molecule has 0 spiro atoms. The van der Waals surface area contributed by atoms with Crippen molar-refractivity contribution in [3.05, 3.63) is 59.2 Å². The molecule has 2 nitrogen and oxygen atoms in total. The summed E-state index contributed by atoms with van der Waals surface area (Å²) in [4.78, 5) is 0. The van der Waals surface area contributed by atoms with Gasteiger partial charge >= 0.3 is 0 Å². The number of benzene rings is 2. The van der Waals surface area contributed by atoms with Crippen LogP contribution in [0.2, 0.25) is 0 Å². The Kier molecular flexibility index (Phi) is 3.88. The zero-order chi connectivity index (χ0) is 14.8. The van der Waals surface area contributed by atoms with Crippen molar-refractivity contribution in [1.82, 2.24) is 5.32 Å². The van der Waals surface area contributed by atoms with E-state index in [4.69, 9.17) is 4.74 Å². The van der Waals surface area contributed by atoms with Gasteiger partial charge in [-0.1, -0.05) is 6.07 Å². The summed E-state index contributed by atoms with van der Waals surface area (Å²) in [5.74, 6) is -0.875. The van der Waals surface area contributed by atoms with Crippen molar-refractivity contribution in [1.29, 1.82) is 0 Å². The van der Waals surface area contributed by atoms with E-state index < -0.39 is 11.6 Å². The predicted molar refractivity (Wildman–Crippen MR) is 77.5 cm³/mol. The molecule has 1 N–H and O–H groups in total. The molecule has 0 amide bonds. The van der Waals surface area contributed by atoms with E-state index in [1.165, 1.54) is 24.5 Å². The molecule has 21 heavy (non-hydrogen) atoms. The van der Waals surface area contributed by atoms with Crippen LogP contribution in [-0.2, 0) is 6.54 Å². The first-order valence-corrected chi connectivity index (χ1v) is 7.07. The van der Waals surface area contributed by atoms with Gasteiger partial charge in [-0.2, -0.15) is 0 Å². The lowest BCUT2D eigenvalue weighted by molar-refractivity contribution is 0.461. The van der Waals surface area contributed by atoms with Crippen LogP contribution >= 0.6 is 0 Å². The molecule has 2 aromatic rings. The Balaban J connectivity index is 1.70. The fourth-order valence-corrected chi connectivity index (χ4v) is 2.15. The second-order valence-corrected chi connectivity index (χ2v) is 5.42. The number of halogens is 2. The van der Waals surface area contributed by atoms with Gasteiger partial charge in [0.25, 0.3) is 0 Å². The fourth-order valence-electron chi connectivity index (χ4n) is 2.15. The molecule has 1 aliphatic carbocycles. The number of hydrogen-bond acceptors (Lipinski definition) is 2. The van der Waals surface area contributed by atoms with E-state index in [0.29, 0.717) is 11.8 Å². The third kappa shape index (κ3) is 3.58. The first-order valence-electron chi connectivity index (χ1n) is 7.07. The van der Waals surface area contributed by atoms with Crippen LogP contribution in [0, 0.1) is 18.6 Å². The quantitative estimate of drug-likeness (QED) is 0.885. The average Bonchev–Trinajstić information content (AvgIpc) is 3.26. The van der Waals surface area contributed by atoms with Crippen LogP contribution in [0.3, 0.4) is 0 Å². The van der Waals surface area contributed by atoms with Crippen LogP contribution in [0.4, 0.5) is 8.78 Å². The average molecular weight is 289 g/mol. The van der Waals surface area contributed by atoms with Crippen molar-refractivity contribution in [2.24, 2.45) is 0 Å². The number of ether oxygens (including phenoxy) is 1. The molecule has 1 saturated carbocycles. The van der Waals surface area contributed by atoms with Gasteiger partial charge in [0.1, 0.15) is 11.5 Å². The number of rotatable bonds is 5. The standard InChI is InChI=1S/C17H17F2NO/c1-11-8-14(5-2-12(11)10-20-13-3-4-13)21-15-6-7-16(18)17(19)9-15/h2,5-9,13,20H,3-4,10H2,1H3. The first kappa shape index (κ1) is 14.0. The Labute approximate surface area is 122 Å². The van der Waals surface area contributed by atoms with E-state index in [0.717, 1.165) is 24.2 Å². The molecule has 0 atom stereocenters. The zero-order valence-corrected chi connectivity index (χ0v) is 11.8. The maximum Gasteiger partial charge on any atom is 0.162 e. The van der Waals surface area contributed by atoms with Gasteiger partial charge in [0, 0.05) is 18.7 Å². The molecule has 0 aromatic heterocycles. The van der Waals surface area contributed by atoms with Gasteiger partial charge in [-0.25, -0.2) is 8.78 Å². The third-order valence-corrected chi connectivity index (χ3v) is 3.60. The van der Waals surface area contributed by atoms with Crippen molar-refractivity contribution in [2.45, 2.75) is 32.4 Å². The summed E-state index contributed by atoms with van der Waals surface area (Å²) < 4.78 is 31.6. The van der Waals surface area contributed by atoms with E-state index in [1.807, 2.05) is 25.1 Å². The highest BCUT2D eigenvalue weighted by atomic mass is 19.2. The molecule has 2 aromatic carbocycles. The van der Waals surface area contributed by atoms with Crippen LogP contribution in [0.15, 0.2) is 36.4 Å². The van der Waals surface area contributed by atoms with Gasteiger partial charge in [0.05, 0.1) is 0 Å². The van der Waals surface area contributed by atoms with Crippen molar-refractivity contribution in [3.8, 4) is 11.5 Å². The molecule has 4 heteroatoms. The van der Waals surface area contributed by atoms with Gasteiger partial charge in [0.2, 0.25) is 0 Å². The summed E-state index contributed by atoms with van der Waals surface area (Å²) in [5, 5.41) is 3.46. The highest BCUT2D eigenvalue weighted by molar-refractivity contribution is 5.38. The topological polar surface area (TPSA) is 21.3 Å². The summed E-state index contributed by atoms with van der Waals surface area (Å²) in [5.41, 5.74) is 2.34. The number of nitrogens with one attached hydrogen (secondary N) is 1. The first-order chi connectivity index (χ1) is 10.1. The maximum atomic E-state index is 13.1. The third-order valence-electron chi connectivity index (χ3n) is 3.60. The zero-order valence-electron chi connectivity index (χ0n) is 11.8. The Morgan fingerprint density at radius 3 is 2.43 bits per heavy atom. The van der Waals surface area contributed by atoms with E-state index in [1.54, 1.807) is 0 Å². The highest BCUT2D eigenvalue weighted by Gasteiger charge is 2.20. The minimum atomic E-state index is -0.908. The van der Waals surface area contributed by atoms with E-state index >= 15 is 0 Å². The monoisotopic (exact) mass is 289 g/mol. The second-order valence-electron chi connectivity index (χ2n) is 5.42. The summed E-state index contributed by atoms with van der Waals surface area (Å²) in [7, 11) is 0. The molecular weight excluding hydrogens is 272 g/mol. The van der Waals surface area contributed by atoms with Crippen molar-refractivity contribution < 1.29 is 13.5 Å². The molecule has 0 bridgehead atoms. The van der Waals surface area contributed by atoms with Crippen LogP contribution in [0.5, 0.6) is 11.5 Å². The van der Waals surface area contributed by atoms with E-state index in [9.17, 15) is 8.78 Å². The van der Waals surface area contributed by atoms with Gasteiger partial charge < -0.3 is 10.1 Å². The minimum Gasteiger partial charge on any atom is -0.457 e. The molecule has 3 rings (SSSR count). The Hall–Kier alpha value is -1.94. The van der Waals surface area contributed by atoms with Gasteiger partial charge in [-0.05, 0) is 55.2 Å². The fraction of sp³-hybridized carbons (Fsp3) is 0.294. The largest absolute Gasteiger partial charge is 0.457 e. The summed E-state index contributed by atoms with van der Waals surface area (Å²) in [6, 6.07) is 9.95. The molecule has 0 heterocycles. The lowest BCUT2D eigenvalue weighted by Crippen LogP contribution is -2.15. The summed E-state index contributed by atoms with van der Waals surface area (Å²) in [6.07, 6.45) is 2.52. The Morgan fingerprint density at radius 2 is 1.76 bits per heavy atom. The van der Waals surface area contributed by atoms with Crippen LogP contribution in [0.1, 0.15) is 24.0 Å². The minimum absolute atomic E-state index is 0.289. The van der Waals surface area contributed by atoms with E-state index in [-0.39, 0.29) is 5.75 Å². The molecule has 0 saturated heterocycles. The van der Waals surface area contributed by atoms with Crippen molar-refractivity contribution in [3.63, 3.8) is 0 Å². The summed E-state index contributed by atoms with van der Waals surface area (Å²) in [6.45, 7) is 2.87. The highest BCUT2D eigenvalue weighted by Crippen LogP contribution is 2.26. The molecule has 0 aliphatic heterocycles. The number of aryl methyl sites for hydroxylation is 1. The molecule has 1 aliphatic rings. The van der Waals surface area contributed by atoms with Crippen LogP contribution in [-0.4, -0.2) is 6.04 Å². The Bertz CT molecular complexity index is 653. The SMILES string of the molecule is Cc1cc(Oc2ccc(F)c(F)c2)ccc1CNC1CC1. The molecule has 110 valence electrons. The van der Waals surface area contributed by atoms with Gasteiger partial charge in [-0.3, -0.25) is 0 Å². The van der Waals surface area contributed by atoms with Crippen molar-refractivity contribution >= 4 is 0 Å². The molecule has 0 radical (unpaired) electrons. The summed E-state index contributed by atoms with van der Waals surface area (Å²) >= 11 is 0. The molecular formula is C17H17F2NO. The van der Waals surface area contributed by atoms with Crippen LogP contribution in [0.25, 0.3) is 0 Å². The maximum absolute atomic E-state index is 13.1. The lowest BCUT2D eigenvalue weighted by atomic mass is 10.1. The predicted octanol–water partition coefficient (Wildman–Crippen LogP) is 4.32. The number of hydrogen-bond donors (Lipinski definition) is 1. The smallest absolute Gasteiger partial charge is 0.162 e. The molecule has 1 fully saturated rings. The van der Waals surface area contributed by atoms with Crippen LogP contribution < -0.4 is 10.1 Å². The van der Waals surface area contributed by atoms with E-state index in [2.05, 4.69) is 5.32 Å². The Morgan fingerprint density at radius 1 is 1.05 bits per heavy atom.